The number of nitrogens with zero attached hydrogens (tertiary/aromatic N) is 3. The zero-order valence-electron chi connectivity index (χ0n) is 3.81. The molecular formula is C3H2N3O2+. The summed E-state index contributed by atoms with van der Waals surface area (Å²) < 4.78 is 0.349. The Hall–Kier alpha value is -1.39. The molecule has 40 valence electrons. The van der Waals surface area contributed by atoms with Crippen LogP contribution in [0.3, 0.4) is 0 Å². The quantitative estimate of drug-likeness (QED) is 0.412. The summed E-state index contributed by atoms with van der Waals surface area (Å²) in [7, 11) is 0. The monoisotopic (exact) mass is 112 g/mol. The van der Waals surface area contributed by atoms with Crippen molar-refractivity contribution in [1.82, 2.24) is 0 Å². The predicted octanol–water partition coefficient (Wildman–Crippen LogP) is -0.0445. The van der Waals surface area contributed by atoms with E-state index < -0.39 is 6.03 Å². The molecule has 5 heteroatoms. The topological polar surface area (TPSA) is 61.9 Å². The fraction of sp³-hybridized carbons (Fsp3) is 0. The second kappa shape index (κ2) is 1.61. The molecule has 0 fully saturated rings. The lowest BCUT2D eigenvalue weighted by Gasteiger charge is -1.77. The van der Waals surface area contributed by atoms with Crippen LogP contribution in [0.15, 0.2) is 9.98 Å². The van der Waals surface area contributed by atoms with E-state index in [1.165, 1.54) is 0 Å². The lowest BCUT2D eigenvalue weighted by Crippen LogP contribution is -2.09. The van der Waals surface area contributed by atoms with Crippen LogP contribution in [0.4, 0.5) is 4.79 Å². The molecule has 5 nitrogen and oxygen atoms in total. The highest BCUT2D eigenvalue weighted by Gasteiger charge is 2.10. The van der Waals surface area contributed by atoms with Crippen molar-refractivity contribution in [2.45, 2.75) is 0 Å². The first kappa shape index (κ1) is 4.76. The van der Waals surface area contributed by atoms with Gasteiger partial charge in [0.1, 0.15) is 0 Å². The molecule has 0 atom stereocenters. The molecule has 0 aromatic heterocycles. The second-order valence-electron chi connectivity index (χ2n) is 1.13. The number of carbonyl (C=O) groups excluding carboxylic acids is 1. The van der Waals surface area contributed by atoms with Crippen LogP contribution >= 0.6 is 0 Å². The molecular weight excluding hydrogens is 110 g/mol. The predicted molar refractivity (Wildman–Crippen MR) is 26.0 cm³/mol. The molecule has 0 aromatic carbocycles. The van der Waals surface area contributed by atoms with Crippen molar-refractivity contribution in [1.29, 1.82) is 0 Å². The van der Waals surface area contributed by atoms with Gasteiger partial charge in [0.2, 0.25) is 0 Å². The number of urea groups is 1. The molecule has 0 aliphatic carbocycles. The highest BCUT2D eigenvalue weighted by atomic mass is 16.3. The number of hydrogen-bond donors (Lipinski definition) is 0. The summed E-state index contributed by atoms with van der Waals surface area (Å²) in [5, 5.41) is 0. The molecule has 0 saturated heterocycles. The Bertz CT molecular complexity index is 155. The van der Waals surface area contributed by atoms with Crippen LogP contribution in [0.2, 0.25) is 0 Å². The van der Waals surface area contributed by atoms with Gasteiger partial charge in [-0.3, -0.25) is 0 Å². The maximum atomic E-state index is 10.1. The number of carbonyl (C=O) groups is 1. The molecule has 0 bridgehead atoms. The van der Waals surface area contributed by atoms with E-state index in [0.717, 1.165) is 12.7 Å². The fourth-order valence-electron chi connectivity index (χ4n) is 0.276. The Morgan fingerprint density at radius 1 is 1.38 bits per heavy atom. The number of nitroso groups, excluding NO2 is 1. The SMILES string of the molecule is O=C1N=C[N+](=O)C=N1. The third-order valence-electron chi connectivity index (χ3n) is 0.564. The first-order valence-electron chi connectivity index (χ1n) is 1.87. The van der Waals surface area contributed by atoms with E-state index in [1.54, 1.807) is 0 Å². The van der Waals surface area contributed by atoms with Crippen molar-refractivity contribution in [3.8, 4) is 0 Å². The van der Waals surface area contributed by atoms with Gasteiger partial charge in [-0.15, -0.1) is 0 Å². The van der Waals surface area contributed by atoms with E-state index in [2.05, 4.69) is 9.98 Å². The van der Waals surface area contributed by atoms with Crippen LogP contribution in [0.1, 0.15) is 0 Å². The van der Waals surface area contributed by atoms with Gasteiger partial charge < -0.3 is 0 Å². The molecule has 0 aromatic rings. The summed E-state index contributed by atoms with van der Waals surface area (Å²) in [4.78, 5) is 26.2. The van der Waals surface area contributed by atoms with E-state index in [9.17, 15) is 9.70 Å². The molecule has 0 saturated carbocycles. The Morgan fingerprint density at radius 3 is 2.25 bits per heavy atom. The summed E-state index contributed by atoms with van der Waals surface area (Å²) in [5.74, 6) is 0. The Morgan fingerprint density at radius 2 is 1.88 bits per heavy atom. The molecule has 1 aliphatic rings. The van der Waals surface area contributed by atoms with Crippen LogP contribution < -0.4 is 0 Å². The summed E-state index contributed by atoms with van der Waals surface area (Å²) >= 11 is 0. The van der Waals surface area contributed by atoms with Gasteiger partial charge in [0.25, 0.3) is 12.7 Å². The van der Waals surface area contributed by atoms with Crippen molar-refractivity contribution < 1.29 is 9.55 Å². The zero-order chi connectivity index (χ0) is 5.98. The van der Waals surface area contributed by atoms with Crippen molar-refractivity contribution in [2.75, 3.05) is 0 Å². The normalized spacial score (nSPS) is 17.5. The van der Waals surface area contributed by atoms with Crippen LogP contribution in [0.25, 0.3) is 0 Å². The van der Waals surface area contributed by atoms with Gasteiger partial charge in [0.05, 0.1) is 0 Å². The van der Waals surface area contributed by atoms with Gasteiger partial charge in [-0.2, -0.15) is 0 Å². The van der Waals surface area contributed by atoms with E-state index in [4.69, 9.17) is 0 Å². The number of rotatable bonds is 0. The minimum Gasteiger partial charge on any atom is -0.205 e. The molecule has 0 unspecified atom stereocenters. The molecule has 0 N–H and O–H groups in total. The first-order chi connectivity index (χ1) is 3.79. The standard InChI is InChI=1S/C3H2N3O2/c7-3-4-1-6(8)2-5-3/h1-2H/q+1. The third-order valence-corrected chi connectivity index (χ3v) is 0.564. The van der Waals surface area contributed by atoms with Gasteiger partial charge in [0.15, 0.2) is 0 Å². The van der Waals surface area contributed by atoms with Gasteiger partial charge in [-0.05, 0) is 14.7 Å². The number of aliphatic imine (C=N–C) groups is 2. The number of amides is 2. The molecule has 1 heterocycles. The fourth-order valence-corrected chi connectivity index (χ4v) is 0.276. The van der Waals surface area contributed by atoms with Crippen molar-refractivity contribution in [2.24, 2.45) is 9.98 Å². The van der Waals surface area contributed by atoms with Gasteiger partial charge in [-0.1, -0.05) is 4.91 Å². The first-order valence-corrected chi connectivity index (χ1v) is 1.87. The van der Waals surface area contributed by atoms with E-state index in [1.807, 2.05) is 0 Å². The van der Waals surface area contributed by atoms with Crippen molar-refractivity contribution in [3.63, 3.8) is 0 Å². The molecule has 8 heavy (non-hydrogen) atoms. The van der Waals surface area contributed by atoms with E-state index >= 15 is 0 Å². The minimum absolute atomic E-state index is 0.349. The summed E-state index contributed by atoms with van der Waals surface area (Å²) in [6.45, 7) is 0. The van der Waals surface area contributed by atoms with Gasteiger partial charge in [-0.25, -0.2) is 4.79 Å². The average molecular weight is 112 g/mol. The summed E-state index contributed by atoms with van der Waals surface area (Å²) in [5.41, 5.74) is 0. The Labute approximate surface area is 44.3 Å². The Balaban J connectivity index is 2.83. The average Bonchev–Trinajstić information content (AvgIpc) is 1.77. The maximum absolute atomic E-state index is 10.1. The smallest absolute Gasteiger partial charge is 0.205 e. The maximum Gasteiger partial charge on any atom is 0.513 e. The minimum atomic E-state index is -0.642. The van der Waals surface area contributed by atoms with Crippen LogP contribution in [0, 0.1) is 4.91 Å². The number of hydrogen-bond acceptors (Lipinski definition) is 2. The molecule has 0 spiro atoms. The second-order valence-corrected chi connectivity index (χ2v) is 1.13. The summed E-state index contributed by atoms with van der Waals surface area (Å²) in [6, 6.07) is -0.642. The van der Waals surface area contributed by atoms with Crippen LogP contribution in [0.5, 0.6) is 0 Å². The Kier molecular flexibility index (Phi) is 0.957. The van der Waals surface area contributed by atoms with Gasteiger partial charge in [0, 0.05) is 0 Å². The van der Waals surface area contributed by atoms with Crippen molar-refractivity contribution in [3.05, 3.63) is 4.91 Å². The lowest BCUT2D eigenvalue weighted by atomic mass is 10.9. The highest BCUT2D eigenvalue weighted by Crippen LogP contribution is 1.83. The molecule has 1 rings (SSSR count). The van der Waals surface area contributed by atoms with Gasteiger partial charge >= 0.3 is 6.03 Å². The van der Waals surface area contributed by atoms with Crippen LogP contribution in [-0.4, -0.2) is 23.5 Å². The summed E-state index contributed by atoms with van der Waals surface area (Å²) in [6.07, 6.45) is 1.71. The van der Waals surface area contributed by atoms with Crippen LogP contribution in [-0.2, 0) is 0 Å². The highest BCUT2D eigenvalue weighted by molar-refractivity contribution is 5.90. The van der Waals surface area contributed by atoms with Crippen molar-refractivity contribution >= 4 is 18.7 Å². The zero-order valence-corrected chi connectivity index (χ0v) is 3.81. The lowest BCUT2D eigenvalue weighted by molar-refractivity contribution is -0.272. The largest absolute Gasteiger partial charge is 0.513 e. The van der Waals surface area contributed by atoms with E-state index in [0.29, 0.717) is 4.76 Å². The molecule has 1 aliphatic heterocycles. The molecule has 2 amide bonds. The molecule has 0 radical (unpaired) electrons. The van der Waals surface area contributed by atoms with E-state index in [-0.39, 0.29) is 0 Å². The third kappa shape index (κ3) is 0.810.